The molecule has 0 saturated carbocycles. The molecule has 0 aliphatic heterocycles. The van der Waals surface area contributed by atoms with Gasteiger partial charge in [0.2, 0.25) is 0 Å². The lowest BCUT2D eigenvalue weighted by Crippen LogP contribution is -2.32. The Balaban J connectivity index is 2.44. The molecule has 0 radical (unpaired) electrons. The van der Waals surface area contributed by atoms with Gasteiger partial charge in [-0.1, -0.05) is 12.2 Å². The number of carbonyl (C=O) groups excluding carboxylic acids is 1. The molecule has 1 N–H and O–H groups in total. The van der Waals surface area contributed by atoms with Gasteiger partial charge in [0, 0.05) is 29.9 Å². The Morgan fingerprint density at radius 3 is 2.53 bits per heavy atom. The van der Waals surface area contributed by atoms with Gasteiger partial charge in [0.15, 0.2) is 5.82 Å². The summed E-state index contributed by atoms with van der Waals surface area (Å²) < 4.78 is 5.09. The first-order valence-corrected chi connectivity index (χ1v) is 5.61. The van der Waals surface area contributed by atoms with E-state index in [1.807, 2.05) is 20.8 Å². The number of rotatable bonds is 3. The molecule has 1 aromatic rings. The maximum absolute atomic E-state index is 11.4. The molecule has 0 aromatic carbocycles. The van der Waals surface area contributed by atoms with Crippen molar-refractivity contribution in [1.29, 1.82) is 0 Å². The van der Waals surface area contributed by atoms with E-state index in [4.69, 9.17) is 4.74 Å². The fourth-order valence-electron chi connectivity index (χ4n) is 1.01. The van der Waals surface area contributed by atoms with E-state index in [0.717, 1.165) is 5.56 Å². The summed E-state index contributed by atoms with van der Waals surface area (Å²) in [5.41, 5.74) is 0.290. The third-order valence-electron chi connectivity index (χ3n) is 1.67. The van der Waals surface area contributed by atoms with Gasteiger partial charge in [0.1, 0.15) is 5.60 Å². The number of carbonyl (C=O) groups is 1. The van der Waals surface area contributed by atoms with Crippen molar-refractivity contribution in [3.05, 3.63) is 23.8 Å². The molecular formula is C11H15N3O2S. The van der Waals surface area contributed by atoms with Gasteiger partial charge in [0.05, 0.1) is 0 Å². The lowest BCUT2D eigenvalue weighted by Gasteiger charge is -2.19. The molecule has 0 saturated heterocycles. The average Bonchev–Trinajstić information content (AvgIpc) is 2.25. The van der Waals surface area contributed by atoms with Crippen LogP contribution in [0.25, 0.3) is 0 Å². The molecule has 0 aliphatic rings. The molecule has 0 aliphatic carbocycles. The number of nitrogens with one attached hydrogen (secondary N) is 1. The molecule has 0 spiro atoms. The van der Waals surface area contributed by atoms with E-state index in [-0.39, 0.29) is 0 Å². The van der Waals surface area contributed by atoms with E-state index in [2.05, 4.69) is 27.5 Å². The highest BCUT2D eigenvalue weighted by molar-refractivity contribution is 7.79. The van der Waals surface area contributed by atoms with Crippen molar-refractivity contribution in [2.45, 2.75) is 32.9 Å². The van der Waals surface area contributed by atoms with Gasteiger partial charge in [-0.15, -0.1) is 0 Å². The largest absolute Gasteiger partial charge is 0.444 e. The molecule has 0 unspecified atom stereocenters. The molecule has 0 bridgehead atoms. The number of alkyl carbamates (subject to hydrolysis) is 1. The summed E-state index contributed by atoms with van der Waals surface area (Å²) in [4.78, 5) is 19.3. The molecule has 92 valence electrons. The van der Waals surface area contributed by atoms with Crippen LogP contribution in [0.1, 0.15) is 32.2 Å². The van der Waals surface area contributed by atoms with Gasteiger partial charge in [-0.3, -0.25) is 0 Å². The molecule has 17 heavy (non-hydrogen) atoms. The van der Waals surface area contributed by atoms with Crippen LogP contribution in [0.4, 0.5) is 4.79 Å². The predicted octanol–water partition coefficient (Wildman–Crippen LogP) is 1.85. The smallest absolute Gasteiger partial charge is 0.407 e. The Morgan fingerprint density at radius 1 is 1.47 bits per heavy atom. The standard InChI is InChI=1S/C11H15N3O2S/c1-11(2,3)16-10(15)14-6-8-4-12-9(7-17)13-5-8/h4-5,7H,6H2,1-3H3,(H,14,15). The van der Waals surface area contributed by atoms with Crippen molar-refractivity contribution in [3.8, 4) is 0 Å². The van der Waals surface area contributed by atoms with Gasteiger partial charge < -0.3 is 10.1 Å². The molecule has 1 rings (SSSR count). The molecule has 5 nitrogen and oxygen atoms in total. The van der Waals surface area contributed by atoms with Crippen LogP contribution in [0.3, 0.4) is 0 Å². The first-order valence-electron chi connectivity index (χ1n) is 5.13. The minimum atomic E-state index is -0.498. The minimum absolute atomic E-state index is 0.326. The fourth-order valence-corrected chi connectivity index (χ4v) is 1.13. The summed E-state index contributed by atoms with van der Waals surface area (Å²) in [7, 11) is 0. The van der Waals surface area contributed by atoms with Crippen LogP contribution in [0.15, 0.2) is 12.4 Å². The number of thiocarbonyl (C=S) groups is 1. The highest BCUT2D eigenvalue weighted by Gasteiger charge is 2.15. The molecule has 0 fully saturated rings. The molecular weight excluding hydrogens is 238 g/mol. The first kappa shape index (κ1) is 13.5. The Morgan fingerprint density at radius 2 is 2.06 bits per heavy atom. The van der Waals surface area contributed by atoms with E-state index in [1.54, 1.807) is 12.4 Å². The van der Waals surface area contributed by atoms with Crippen molar-refractivity contribution in [3.63, 3.8) is 0 Å². The summed E-state index contributed by atoms with van der Waals surface area (Å²) in [5, 5.41) is 4.01. The number of ether oxygens (including phenoxy) is 1. The van der Waals surface area contributed by atoms with Crippen LogP contribution in [-0.2, 0) is 11.3 Å². The maximum Gasteiger partial charge on any atom is 0.407 e. The number of hydrogen-bond donors (Lipinski definition) is 1. The minimum Gasteiger partial charge on any atom is -0.444 e. The number of amides is 1. The second-order valence-electron chi connectivity index (χ2n) is 4.42. The van der Waals surface area contributed by atoms with Crippen LogP contribution in [-0.4, -0.2) is 27.0 Å². The van der Waals surface area contributed by atoms with Crippen molar-refractivity contribution in [2.24, 2.45) is 0 Å². The topological polar surface area (TPSA) is 64.1 Å². The Labute approximate surface area is 106 Å². The van der Waals surface area contributed by atoms with Gasteiger partial charge in [-0.25, -0.2) is 14.8 Å². The van der Waals surface area contributed by atoms with Crippen molar-refractivity contribution < 1.29 is 9.53 Å². The summed E-state index contributed by atoms with van der Waals surface area (Å²) in [5.74, 6) is 0.487. The number of hydrogen-bond acceptors (Lipinski definition) is 5. The van der Waals surface area contributed by atoms with Crippen LogP contribution < -0.4 is 5.32 Å². The Bertz CT molecular complexity index is 398. The fraction of sp³-hybridized carbons (Fsp3) is 0.455. The van der Waals surface area contributed by atoms with Crippen LogP contribution >= 0.6 is 12.2 Å². The van der Waals surface area contributed by atoms with Crippen molar-refractivity contribution in [2.75, 3.05) is 0 Å². The van der Waals surface area contributed by atoms with Crippen LogP contribution in [0, 0.1) is 0 Å². The Kier molecular flexibility index (Phi) is 4.51. The maximum atomic E-state index is 11.4. The SMILES string of the molecule is CC(C)(C)OC(=O)NCc1cnc(C=S)nc1. The monoisotopic (exact) mass is 253 g/mol. The molecule has 1 amide bonds. The average molecular weight is 253 g/mol. The first-order chi connectivity index (χ1) is 7.90. The zero-order valence-electron chi connectivity index (χ0n) is 10.1. The third-order valence-corrected chi connectivity index (χ3v) is 1.88. The van der Waals surface area contributed by atoms with Gasteiger partial charge in [0.25, 0.3) is 0 Å². The Hall–Kier alpha value is -1.56. The molecule has 1 aromatic heterocycles. The zero-order chi connectivity index (χ0) is 12.9. The number of nitrogens with zero attached hydrogens (tertiary/aromatic N) is 2. The summed E-state index contributed by atoms with van der Waals surface area (Å²) in [6.45, 7) is 5.75. The van der Waals surface area contributed by atoms with E-state index in [1.165, 1.54) is 5.37 Å². The van der Waals surface area contributed by atoms with Gasteiger partial charge in [-0.2, -0.15) is 0 Å². The van der Waals surface area contributed by atoms with Crippen LogP contribution in [0.2, 0.25) is 0 Å². The van der Waals surface area contributed by atoms with E-state index >= 15 is 0 Å². The van der Waals surface area contributed by atoms with E-state index in [9.17, 15) is 4.79 Å². The van der Waals surface area contributed by atoms with Gasteiger partial charge >= 0.3 is 6.09 Å². The molecule has 6 heteroatoms. The summed E-state index contributed by atoms with van der Waals surface area (Å²) in [6, 6.07) is 0. The lowest BCUT2D eigenvalue weighted by atomic mass is 10.2. The highest BCUT2D eigenvalue weighted by atomic mass is 32.1. The predicted molar refractivity (Wildman–Crippen MR) is 67.9 cm³/mol. The lowest BCUT2D eigenvalue weighted by molar-refractivity contribution is 0.0523. The van der Waals surface area contributed by atoms with Crippen molar-refractivity contribution >= 4 is 23.7 Å². The van der Waals surface area contributed by atoms with Gasteiger partial charge in [-0.05, 0) is 20.8 Å². The quantitative estimate of drug-likeness (QED) is 0.833. The third kappa shape index (κ3) is 5.35. The summed E-state index contributed by atoms with van der Waals surface area (Å²) in [6.07, 6.45) is 2.77. The molecule has 0 atom stereocenters. The second kappa shape index (κ2) is 5.67. The highest BCUT2D eigenvalue weighted by Crippen LogP contribution is 2.06. The van der Waals surface area contributed by atoms with Crippen molar-refractivity contribution in [1.82, 2.24) is 15.3 Å². The second-order valence-corrected chi connectivity index (χ2v) is 4.66. The normalized spacial score (nSPS) is 10.8. The number of aromatic nitrogens is 2. The van der Waals surface area contributed by atoms with E-state index < -0.39 is 11.7 Å². The summed E-state index contributed by atoms with van der Waals surface area (Å²) >= 11 is 4.69. The molecule has 1 heterocycles. The van der Waals surface area contributed by atoms with E-state index in [0.29, 0.717) is 12.4 Å². The zero-order valence-corrected chi connectivity index (χ0v) is 10.9. The van der Waals surface area contributed by atoms with Crippen LogP contribution in [0.5, 0.6) is 0 Å².